The second kappa shape index (κ2) is 19.5. The Balaban J connectivity index is 0.000000619. The van der Waals surface area contributed by atoms with Gasteiger partial charge in [-0.15, -0.1) is 0 Å². The first-order valence-electron chi connectivity index (χ1n) is 13.8. The topological polar surface area (TPSA) is 78.3 Å². The van der Waals surface area contributed by atoms with E-state index in [4.69, 9.17) is 10.5 Å². The van der Waals surface area contributed by atoms with Gasteiger partial charge in [-0.2, -0.15) is 13.2 Å². The molecule has 40 heavy (non-hydrogen) atoms. The molecule has 4 nitrogen and oxygen atoms in total. The molecule has 0 saturated heterocycles. The van der Waals surface area contributed by atoms with E-state index < -0.39 is 11.7 Å². The molecule has 2 aromatic rings. The van der Waals surface area contributed by atoms with Crippen molar-refractivity contribution in [2.24, 2.45) is 17.4 Å². The Morgan fingerprint density at radius 3 is 2.12 bits per heavy atom. The van der Waals surface area contributed by atoms with Crippen LogP contribution in [0.1, 0.15) is 93.5 Å². The fourth-order valence-electron chi connectivity index (χ4n) is 4.59. The van der Waals surface area contributed by atoms with Crippen LogP contribution in [0, 0.1) is 18.7 Å². The van der Waals surface area contributed by atoms with Crippen molar-refractivity contribution in [1.29, 1.82) is 0 Å². The smallest absolute Gasteiger partial charge is 0.385 e. The summed E-state index contributed by atoms with van der Waals surface area (Å²) in [6.45, 7) is 10.1. The van der Waals surface area contributed by atoms with Crippen molar-refractivity contribution >= 4 is 11.4 Å². The third kappa shape index (κ3) is 12.3. The molecule has 0 spiro atoms. The molecule has 226 valence electrons. The van der Waals surface area contributed by atoms with Crippen molar-refractivity contribution in [2.75, 3.05) is 20.8 Å². The number of hydrogen-bond acceptors (Lipinski definition) is 4. The van der Waals surface area contributed by atoms with E-state index in [9.17, 15) is 22.4 Å². The van der Waals surface area contributed by atoms with Gasteiger partial charge < -0.3 is 16.2 Å². The summed E-state index contributed by atoms with van der Waals surface area (Å²) < 4.78 is 56.5. The van der Waals surface area contributed by atoms with Gasteiger partial charge in [-0.3, -0.25) is 4.79 Å². The summed E-state index contributed by atoms with van der Waals surface area (Å²) in [7, 11) is 3.21. The van der Waals surface area contributed by atoms with Crippen LogP contribution in [0.2, 0.25) is 0 Å². The lowest BCUT2D eigenvalue weighted by molar-refractivity contribution is -0.138. The lowest BCUT2D eigenvalue weighted by atomic mass is 9.79. The molecule has 0 aromatic heterocycles. The minimum atomic E-state index is -4.39. The molecule has 8 heteroatoms. The number of carbonyl (C=O) groups is 1. The molecule has 0 atom stereocenters. The second-order valence-electron chi connectivity index (χ2n) is 9.74. The molecule has 1 aliphatic rings. The van der Waals surface area contributed by atoms with E-state index in [0.29, 0.717) is 23.6 Å². The number of allylic oxidation sites excluding steroid dienone is 2. The summed E-state index contributed by atoms with van der Waals surface area (Å²) in [5.74, 6) is 0.909. The Bertz CT molecular complexity index is 1040. The van der Waals surface area contributed by atoms with Crippen molar-refractivity contribution in [1.82, 2.24) is 0 Å². The maximum atomic E-state index is 13.7. The average Bonchev–Trinajstić information content (AvgIpc) is 2.92. The lowest BCUT2D eigenvalue weighted by Gasteiger charge is -2.27. The van der Waals surface area contributed by atoms with Crippen LogP contribution in [0.25, 0.3) is 5.57 Å². The average molecular weight is 569 g/mol. The Kier molecular flexibility index (Phi) is 18.3. The zero-order valence-corrected chi connectivity index (χ0v) is 25.1. The summed E-state index contributed by atoms with van der Waals surface area (Å²) in [6, 6.07) is 9.17. The predicted molar refractivity (Wildman–Crippen MR) is 157 cm³/mol. The zero-order valence-electron chi connectivity index (χ0n) is 25.1. The molecular weight excluding hydrogens is 520 g/mol. The maximum Gasteiger partial charge on any atom is 0.416 e. The van der Waals surface area contributed by atoms with Gasteiger partial charge in [0.25, 0.3) is 0 Å². The minimum absolute atomic E-state index is 0.0586. The molecule has 0 heterocycles. The zero-order chi connectivity index (χ0) is 30.9. The highest BCUT2D eigenvalue weighted by atomic mass is 19.4. The molecule has 0 unspecified atom stereocenters. The number of rotatable bonds is 6. The molecule has 1 fully saturated rings. The Hall–Kier alpha value is -2.55. The summed E-state index contributed by atoms with van der Waals surface area (Å²) in [5, 5.41) is 0. The van der Waals surface area contributed by atoms with E-state index in [0.717, 1.165) is 49.0 Å². The molecule has 4 N–H and O–H groups in total. The van der Waals surface area contributed by atoms with E-state index in [1.807, 2.05) is 6.07 Å². The Morgan fingerprint density at radius 1 is 1.10 bits per heavy atom. The number of halogens is 4. The number of hydrogen-bond donors (Lipinski definition) is 2. The number of nitrogens with two attached hydrogens (primary N) is 2. The van der Waals surface area contributed by atoms with Crippen LogP contribution in [0.5, 0.6) is 0 Å². The van der Waals surface area contributed by atoms with Crippen molar-refractivity contribution in [3.05, 3.63) is 76.1 Å². The highest BCUT2D eigenvalue weighted by Gasteiger charge is 2.33. The Morgan fingerprint density at radius 2 is 1.70 bits per heavy atom. The van der Waals surface area contributed by atoms with E-state index in [1.165, 1.54) is 51.9 Å². The van der Waals surface area contributed by atoms with Gasteiger partial charge in [0.1, 0.15) is 5.82 Å². The number of carbonyl (C=O) groups excluding carboxylic acids is 1. The second-order valence-corrected chi connectivity index (χ2v) is 9.74. The van der Waals surface area contributed by atoms with Crippen molar-refractivity contribution in [3.8, 4) is 0 Å². The van der Waals surface area contributed by atoms with Crippen LogP contribution in [-0.4, -0.2) is 26.5 Å². The SMILES string of the molecule is C/C=C(/C(C)=O)c1cccc(C(F)(F)F)c1C.CC1CCC(c2cc(CN)ccc2F)CC1.CCCOC.CN. The van der Waals surface area contributed by atoms with Crippen LogP contribution in [0.3, 0.4) is 0 Å². The van der Waals surface area contributed by atoms with E-state index in [-0.39, 0.29) is 17.2 Å². The largest absolute Gasteiger partial charge is 0.416 e. The van der Waals surface area contributed by atoms with Gasteiger partial charge in [-0.1, -0.05) is 57.0 Å². The summed E-state index contributed by atoms with van der Waals surface area (Å²) in [5.41, 5.74) is 12.1. The van der Waals surface area contributed by atoms with Gasteiger partial charge in [0, 0.05) is 25.8 Å². The quantitative estimate of drug-likeness (QED) is 0.272. The van der Waals surface area contributed by atoms with Crippen LogP contribution in [0.15, 0.2) is 42.5 Å². The molecule has 3 rings (SSSR count). The first-order valence-corrected chi connectivity index (χ1v) is 13.8. The van der Waals surface area contributed by atoms with Crippen LogP contribution >= 0.6 is 0 Å². The molecule has 1 aliphatic carbocycles. The fourth-order valence-corrected chi connectivity index (χ4v) is 4.59. The Labute approximate surface area is 238 Å². The predicted octanol–water partition coefficient (Wildman–Crippen LogP) is 8.20. The summed E-state index contributed by atoms with van der Waals surface area (Å²) in [6.07, 6.45) is 2.93. The number of ether oxygens (including phenoxy) is 1. The van der Waals surface area contributed by atoms with Crippen molar-refractivity contribution in [3.63, 3.8) is 0 Å². The number of Topliss-reactive ketones (excluding diaryl/α,β-unsaturated/α-hetero) is 1. The molecular formula is C32H48F4N2O2. The van der Waals surface area contributed by atoms with Crippen molar-refractivity contribution < 1.29 is 27.1 Å². The molecule has 0 aliphatic heterocycles. The molecule has 1 saturated carbocycles. The monoisotopic (exact) mass is 568 g/mol. The van der Waals surface area contributed by atoms with E-state index in [2.05, 4.69) is 19.6 Å². The van der Waals surface area contributed by atoms with Gasteiger partial charge in [0.15, 0.2) is 5.78 Å². The van der Waals surface area contributed by atoms with Crippen LogP contribution in [-0.2, 0) is 22.3 Å². The highest BCUT2D eigenvalue weighted by molar-refractivity contribution is 6.19. The molecule has 0 bridgehead atoms. The van der Waals surface area contributed by atoms with Gasteiger partial charge in [-0.05, 0) is 93.3 Å². The summed E-state index contributed by atoms with van der Waals surface area (Å²) >= 11 is 0. The highest BCUT2D eigenvalue weighted by Crippen LogP contribution is 2.37. The van der Waals surface area contributed by atoms with E-state index in [1.54, 1.807) is 26.2 Å². The van der Waals surface area contributed by atoms with Crippen molar-refractivity contribution in [2.45, 2.75) is 85.4 Å². The van der Waals surface area contributed by atoms with Gasteiger partial charge in [0.05, 0.1) is 5.56 Å². The number of methoxy groups -OCH3 is 1. The third-order valence-corrected chi connectivity index (χ3v) is 6.76. The van der Waals surface area contributed by atoms with Gasteiger partial charge in [0.2, 0.25) is 0 Å². The molecule has 0 radical (unpaired) electrons. The number of alkyl halides is 3. The number of benzene rings is 2. The van der Waals surface area contributed by atoms with E-state index >= 15 is 0 Å². The van der Waals surface area contributed by atoms with Crippen LogP contribution in [0.4, 0.5) is 17.6 Å². The minimum Gasteiger partial charge on any atom is -0.385 e. The first-order chi connectivity index (χ1) is 18.9. The fraction of sp³-hybridized carbons (Fsp3) is 0.531. The van der Waals surface area contributed by atoms with Gasteiger partial charge in [-0.25, -0.2) is 4.39 Å². The first kappa shape index (κ1) is 37.5. The normalized spacial score (nSPS) is 16.9. The standard InChI is InChI=1S/C14H20FN.C13H13F3O.C4H10O.CH5N/c1-10-2-5-12(6-3-10)13-8-11(9-16)4-7-14(13)15;1-4-10(9(3)17)11-6-5-7-12(8(11)2)13(14,15)16;1-3-4-5-2;1-2/h4,7-8,10,12H,2-3,5-6,9,16H2,1H3;4-7H,1-3H3;3-4H2,1-2H3;2H2,1H3/b;10-4-;;. The molecule has 0 amide bonds. The number of ketones is 1. The van der Waals surface area contributed by atoms with Crippen LogP contribution < -0.4 is 11.5 Å². The summed E-state index contributed by atoms with van der Waals surface area (Å²) in [4.78, 5) is 11.3. The lowest BCUT2D eigenvalue weighted by Crippen LogP contribution is -2.12. The maximum absolute atomic E-state index is 13.7. The third-order valence-electron chi connectivity index (χ3n) is 6.76. The van der Waals surface area contributed by atoms with Gasteiger partial charge >= 0.3 is 6.18 Å². The molecule has 2 aromatic carbocycles.